The molecule has 1 atom stereocenters. The van der Waals surface area contributed by atoms with E-state index in [0.717, 1.165) is 24.8 Å². The van der Waals surface area contributed by atoms with E-state index in [-0.39, 0.29) is 17.9 Å². The van der Waals surface area contributed by atoms with E-state index in [1.54, 1.807) is 12.1 Å². The van der Waals surface area contributed by atoms with Crippen molar-refractivity contribution in [2.75, 3.05) is 5.75 Å². The fraction of sp³-hybridized carbons (Fsp3) is 0.429. The lowest BCUT2D eigenvalue weighted by Crippen LogP contribution is -2.14. The normalized spacial score (nSPS) is 14.1. The van der Waals surface area contributed by atoms with Crippen molar-refractivity contribution >= 4 is 17.7 Å². The number of nitriles is 1. The molecule has 0 amide bonds. The number of rotatable bonds is 10. The summed E-state index contributed by atoms with van der Waals surface area (Å²) in [4.78, 5) is 16.4. The molecule has 7 nitrogen and oxygen atoms in total. The monoisotopic (exact) mass is 506 g/mol. The lowest BCUT2D eigenvalue weighted by atomic mass is 10.0. The van der Waals surface area contributed by atoms with Gasteiger partial charge in [-0.2, -0.15) is 10.2 Å². The topological polar surface area (TPSA) is 101 Å². The summed E-state index contributed by atoms with van der Waals surface area (Å²) in [5, 5.41) is 13.7. The molecule has 0 saturated carbocycles. The predicted octanol–water partition coefficient (Wildman–Crippen LogP) is 6.68. The average molecular weight is 507 g/mol. The minimum atomic E-state index is -0.0262. The third-order valence-electron chi connectivity index (χ3n) is 5.63. The number of Topliss-reactive ketones (excluding diaryl/α,β-unsaturated/α-hetero) is 1. The van der Waals surface area contributed by atoms with Crippen LogP contribution < -0.4 is 9.46 Å². The number of ketones is 1. The van der Waals surface area contributed by atoms with Crippen molar-refractivity contribution in [2.45, 2.75) is 72.4 Å². The number of fused-ring (bicyclic) bond motifs is 1. The van der Waals surface area contributed by atoms with Crippen molar-refractivity contribution in [3.63, 3.8) is 0 Å². The molecule has 0 fully saturated rings. The van der Waals surface area contributed by atoms with Gasteiger partial charge in [-0.1, -0.05) is 56.1 Å². The highest BCUT2D eigenvalue weighted by Crippen LogP contribution is 2.38. The zero-order valence-electron chi connectivity index (χ0n) is 21.6. The van der Waals surface area contributed by atoms with Crippen LogP contribution in [-0.4, -0.2) is 27.8 Å². The number of aromatic nitrogens is 2. The summed E-state index contributed by atoms with van der Waals surface area (Å²) in [6.07, 6.45) is 3.34. The smallest absolute Gasteiger partial charge is 0.258 e. The van der Waals surface area contributed by atoms with Gasteiger partial charge in [0.2, 0.25) is 5.82 Å². The second-order valence-corrected chi connectivity index (χ2v) is 9.39. The largest absolute Gasteiger partial charge is 0.490 e. The van der Waals surface area contributed by atoms with E-state index < -0.39 is 0 Å². The Morgan fingerprint density at radius 1 is 1.31 bits per heavy atom. The summed E-state index contributed by atoms with van der Waals surface area (Å²) in [6, 6.07) is 13.8. The number of hydrogen-bond donors (Lipinski definition) is 1. The van der Waals surface area contributed by atoms with E-state index >= 15 is 0 Å². The lowest BCUT2D eigenvalue weighted by Gasteiger charge is -2.13. The van der Waals surface area contributed by atoms with Gasteiger partial charge in [0.15, 0.2) is 0 Å². The molecule has 2 aromatic carbocycles. The summed E-state index contributed by atoms with van der Waals surface area (Å²) in [6.45, 7) is 9.86. The van der Waals surface area contributed by atoms with E-state index in [0.29, 0.717) is 40.8 Å². The first-order chi connectivity index (χ1) is 17.5. The van der Waals surface area contributed by atoms with Gasteiger partial charge in [-0.25, -0.2) is 0 Å². The van der Waals surface area contributed by atoms with Gasteiger partial charge in [-0.15, -0.1) is 0 Å². The van der Waals surface area contributed by atoms with E-state index in [2.05, 4.69) is 27.0 Å². The number of nitrogens with zero attached hydrogens (tertiary/aromatic N) is 3. The maximum Gasteiger partial charge on any atom is 0.258 e. The molecule has 0 saturated heterocycles. The highest BCUT2D eigenvalue weighted by Gasteiger charge is 2.26. The van der Waals surface area contributed by atoms with Crippen LogP contribution in [0.2, 0.25) is 0 Å². The van der Waals surface area contributed by atoms with Gasteiger partial charge in [0.1, 0.15) is 17.6 Å². The van der Waals surface area contributed by atoms with Gasteiger partial charge in [0.25, 0.3) is 5.89 Å². The van der Waals surface area contributed by atoms with Gasteiger partial charge in [0.05, 0.1) is 17.4 Å². The number of ether oxygens (including phenoxy) is 1. The zero-order valence-corrected chi connectivity index (χ0v) is 22.4. The van der Waals surface area contributed by atoms with E-state index in [1.807, 2.05) is 52.8 Å². The quantitative estimate of drug-likeness (QED) is 0.304. The Hall–Kier alpha value is -3.15. The molecule has 0 bridgehead atoms. The number of benzene rings is 2. The first kappa shape index (κ1) is 27.4. The second kappa shape index (κ2) is 13.2. The SMILES string of the molecule is CC.CCCC(=O)CSNC1CCc2c(-c3noc(-c4ccc(OC(C)C)c(C#N)c4)n3)cccc21. The van der Waals surface area contributed by atoms with Crippen molar-refractivity contribution in [2.24, 2.45) is 0 Å². The molecule has 36 heavy (non-hydrogen) atoms. The molecule has 1 aromatic heterocycles. The molecule has 1 aliphatic carbocycles. The Balaban J connectivity index is 0.00000176. The maximum atomic E-state index is 11.8. The Morgan fingerprint density at radius 3 is 2.83 bits per heavy atom. The zero-order chi connectivity index (χ0) is 26.1. The van der Waals surface area contributed by atoms with E-state index in [9.17, 15) is 10.1 Å². The fourth-order valence-corrected chi connectivity index (χ4v) is 4.95. The summed E-state index contributed by atoms with van der Waals surface area (Å²) in [7, 11) is 0. The lowest BCUT2D eigenvalue weighted by molar-refractivity contribution is -0.116. The van der Waals surface area contributed by atoms with Crippen molar-refractivity contribution in [3.8, 4) is 34.7 Å². The van der Waals surface area contributed by atoms with Crippen LogP contribution in [0.4, 0.5) is 0 Å². The van der Waals surface area contributed by atoms with Crippen molar-refractivity contribution in [1.82, 2.24) is 14.9 Å². The first-order valence-electron chi connectivity index (χ1n) is 12.6. The van der Waals surface area contributed by atoms with Crippen LogP contribution in [0.5, 0.6) is 5.75 Å². The minimum Gasteiger partial charge on any atom is -0.490 e. The van der Waals surface area contributed by atoms with Gasteiger partial charge in [-0.05, 0) is 62.4 Å². The van der Waals surface area contributed by atoms with E-state index in [1.165, 1.54) is 23.1 Å². The predicted molar refractivity (Wildman–Crippen MR) is 144 cm³/mol. The summed E-state index contributed by atoms with van der Waals surface area (Å²) >= 11 is 1.49. The molecule has 4 rings (SSSR count). The maximum absolute atomic E-state index is 11.8. The van der Waals surface area contributed by atoms with Gasteiger partial charge in [0, 0.05) is 23.6 Å². The van der Waals surface area contributed by atoms with Crippen molar-refractivity contribution in [3.05, 3.63) is 53.1 Å². The van der Waals surface area contributed by atoms with Gasteiger partial charge >= 0.3 is 0 Å². The van der Waals surface area contributed by atoms with Crippen LogP contribution in [0.3, 0.4) is 0 Å². The molecule has 1 aliphatic rings. The van der Waals surface area contributed by atoms with Crippen molar-refractivity contribution < 1.29 is 14.1 Å². The Kier molecular flexibility index (Phi) is 10.1. The number of carbonyl (C=O) groups excluding carboxylic acids is 1. The van der Waals surface area contributed by atoms with E-state index in [4.69, 9.17) is 9.26 Å². The molecule has 0 spiro atoms. The standard InChI is InChI=1S/C26H28N4O3S.C2H6/c1-4-6-19(31)15-34-30-23-11-10-20-21(23)7-5-8-22(20)25-28-26(33-29-25)17-9-12-24(32-16(2)3)18(13-17)14-27;1-2/h5,7-9,12-13,16,23,30H,4,6,10-11,15H2,1-3H3;1-2H3. The highest BCUT2D eigenvalue weighted by molar-refractivity contribution is 7.98. The molecule has 1 unspecified atom stereocenters. The van der Waals surface area contributed by atoms with Crippen LogP contribution in [0.1, 0.15) is 76.6 Å². The molecular formula is C28H34N4O3S. The molecule has 1 heterocycles. The summed E-state index contributed by atoms with van der Waals surface area (Å²) in [5.41, 5.74) is 4.46. The average Bonchev–Trinajstić information content (AvgIpc) is 3.53. The third kappa shape index (κ3) is 6.54. The third-order valence-corrected chi connectivity index (χ3v) is 6.55. The Labute approximate surface area is 217 Å². The van der Waals surface area contributed by atoms with Crippen LogP contribution in [-0.2, 0) is 11.2 Å². The molecule has 190 valence electrons. The highest BCUT2D eigenvalue weighted by atomic mass is 32.2. The molecule has 0 aliphatic heterocycles. The number of carbonyl (C=O) groups is 1. The van der Waals surface area contributed by atoms with Crippen LogP contribution in [0, 0.1) is 11.3 Å². The number of nitrogens with one attached hydrogen (secondary N) is 1. The van der Waals surface area contributed by atoms with Crippen LogP contribution in [0.25, 0.3) is 22.8 Å². The molecule has 1 N–H and O–H groups in total. The number of hydrogen-bond acceptors (Lipinski definition) is 8. The van der Waals surface area contributed by atoms with Crippen LogP contribution in [0.15, 0.2) is 40.9 Å². The molecule has 0 radical (unpaired) electrons. The molecule has 3 aromatic rings. The Bertz CT molecular complexity index is 1220. The summed E-state index contributed by atoms with van der Waals surface area (Å²) in [5.74, 6) is 2.18. The second-order valence-electron chi connectivity index (χ2n) is 8.57. The van der Waals surface area contributed by atoms with Crippen molar-refractivity contribution in [1.29, 1.82) is 5.26 Å². The van der Waals surface area contributed by atoms with Gasteiger partial charge in [-0.3, -0.25) is 9.52 Å². The van der Waals surface area contributed by atoms with Crippen LogP contribution >= 0.6 is 11.9 Å². The molecular weight excluding hydrogens is 472 g/mol. The summed E-state index contributed by atoms with van der Waals surface area (Å²) < 4.78 is 14.7. The fourth-order valence-electron chi connectivity index (χ4n) is 4.12. The minimum absolute atomic E-state index is 0.0262. The first-order valence-corrected chi connectivity index (χ1v) is 13.5. The molecule has 8 heteroatoms. The van der Waals surface area contributed by atoms with Gasteiger partial charge < -0.3 is 9.26 Å². The Morgan fingerprint density at radius 2 is 2.11 bits per heavy atom.